The van der Waals surface area contributed by atoms with Gasteiger partial charge in [0.25, 0.3) is 5.69 Å². The summed E-state index contributed by atoms with van der Waals surface area (Å²) in [4.78, 5) is 10.5. The summed E-state index contributed by atoms with van der Waals surface area (Å²) in [6, 6.07) is 18.3. The number of hydrazone groups is 1. The van der Waals surface area contributed by atoms with E-state index in [-0.39, 0.29) is 5.69 Å². The minimum Gasteiger partial charge on any atom is -0.494 e. The molecule has 0 heterocycles. The molecule has 0 bridgehead atoms. The largest absolute Gasteiger partial charge is 0.494 e. The molecule has 0 saturated heterocycles. The molecule has 0 fully saturated rings. The first kappa shape index (κ1) is 21.4. The summed E-state index contributed by atoms with van der Waals surface area (Å²) in [5.74, 6) is 1.59. The second kappa shape index (κ2) is 9.51. The lowest BCUT2D eigenvalue weighted by Gasteiger charge is -2.08. The van der Waals surface area contributed by atoms with E-state index < -0.39 is 4.92 Å². The van der Waals surface area contributed by atoms with Gasteiger partial charge in [-0.15, -0.1) is 0 Å². The molecule has 0 unspecified atom stereocenters. The molecule has 164 valence electrons. The predicted molar refractivity (Wildman–Crippen MR) is 126 cm³/mol. The molecule has 0 aromatic heterocycles. The van der Waals surface area contributed by atoms with Gasteiger partial charge < -0.3 is 9.47 Å². The first-order chi connectivity index (χ1) is 15.6. The Hall–Kier alpha value is -3.87. The summed E-state index contributed by atoms with van der Waals surface area (Å²) in [5, 5.41) is 15.6. The van der Waals surface area contributed by atoms with Gasteiger partial charge in [-0.1, -0.05) is 13.8 Å². The molecule has 0 saturated carbocycles. The van der Waals surface area contributed by atoms with Gasteiger partial charge in [-0.2, -0.15) is 5.10 Å². The van der Waals surface area contributed by atoms with Gasteiger partial charge in [0.2, 0.25) is 0 Å². The number of fused-ring (bicyclic) bond motifs is 3. The van der Waals surface area contributed by atoms with Crippen LogP contribution in [0.5, 0.6) is 11.5 Å². The zero-order valence-electron chi connectivity index (χ0n) is 18.1. The lowest BCUT2D eigenvalue weighted by Crippen LogP contribution is -2.04. The van der Waals surface area contributed by atoms with Crippen LogP contribution in [0.2, 0.25) is 0 Å². The summed E-state index contributed by atoms with van der Waals surface area (Å²) in [6.07, 6.45) is 1.86. The lowest BCUT2D eigenvalue weighted by molar-refractivity contribution is -0.384. The molecular weight excluding hydrogens is 406 g/mol. The zero-order chi connectivity index (χ0) is 22.5. The maximum Gasteiger partial charge on any atom is 0.269 e. The highest BCUT2D eigenvalue weighted by atomic mass is 16.6. The third-order valence-corrected chi connectivity index (χ3v) is 5.10. The molecule has 32 heavy (non-hydrogen) atoms. The van der Waals surface area contributed by atoms with E-state index in [9.17, 15) is 10.1 Å². The van der Waals surface area contributed by atoms with E-state index in [2.05, 4.69) is 36.5 Å². The number of nitro benzene ring substituents is 1. The molecule has 4 rings (SSSR count). The Morgan fingerprint density at radius 1 is 0.812 bits per heavy atom. The summed E-state index contributed by atoms with van der Waals surface area (Å²) in [6.45, 7) is 5.44. The maximum atomic E-state index is 10.9. The smallest absolute Gasteiger partial charge is 0.269 e. The quantitative estimate of drug-likeness (QED) is 0.259. The first-order valence-corrected chi connectivity index (χ1v) is 10.7. The van der Waals surface area contributed by atoms with Crippen LogP contribution < -0.4 is 14.9 Å². The van der Waals surface area contributed by atoms with Crippen molar-refractivity contribution in [3.63, 3.8) is 0 Å². The van der Waals surface area contributed by atoms with E-state index in [1.165, 1.54) is 12.1 Å². The van der Waals surface area contributed by atoms with Crippen molar-refractivity contribution in [3.05, 3.63) is 81.9 Å². The van der Waals surface area contributed by atoms with Gasteiger partial charge in [-0.25, -0.2) is 0 Å². The number of anilines is 1. The van der Waals surface area contributed by atoms with Crippen LogP contribution in [0.4, 0.5) is 11.4 Å². The first-order valence-electron chi connectivity index (χ1n) is 10.7. The van der Waals surface area contributed by atoms with Crippen molar-refractivity contribution >= 4 is 17.1 Å². The van der Waals surface area contributed by atoms with E-state index in [1.807, 2.05) is 24.3 Å². The number of hydrogen-bond donors (Lipinski definition) is 1. The molecule has 1 aliphatic carbocycles. The zero-order valence-corrected chi connectivity index (χ0v) is 18.1. The van der Waals surface area contributed by atoms with Gasteiger partial charge >= 0.3 is 0 Å². The maximum absolute atomic E-state index is 10.9. The van der Waals surface area contributed by atoms with Crippen LogP contribution in [0.3, 0.4) is 0 Å². The average Bonchev–Trinajstić information content (AvgIpc) is 3.12. The molecule has 7 nitrogen and oxygen atoms in total. The van der Waals surface area contributed by atoms with Gasteiger partial charge in [-0.05, 0) is 72.5 Å². The summed E-state index contributed by atoms with van der Waals surface area (Å²) < 4.78 is 11.7. The number of ether oxygens (including phenoxy) is 2. The average molecular weight is 431 g/mol. The molecule has 1 N–H and O–H groups in total. The normalized spacial score (nSPS) is 11.5. The summed E-state index contributed by atoms with van der Waals surface area (Å²) in [5.41, 5.74) is 8.61. The van der Waals surface area contributed by atoms with Crippen molar-refractivity contribution in [2.45, 2.75) is 26.7 Å². The number of rotatable bonds is 9. The summed E-state index contributed by atoms with van der Waals surface area (Å²) in [7, 11) is 0. The standard InChI is InChI=1S/C25H25N3O4/c1-3-13-31-19-9-11-21-22-12-10-20(32-14-4-2)16-24(22)25(23(21)15-19)27-26-17-5-7-18(8-6-17)28(29)30/h5-12,15-16,26H,3-4,13-14H2,1-2H3. The van der Waals surface area contributed by atoms with Crippen LogP contribution in [0.1, 0.15) is 37.8 Å². The minimum absolute atomic E-state index is 0.0372. The second-order valence-corrected chi connectivity index (χ2v) is 7.49. The fraction of sp³-hybridized carbons (Fsp3) is 0.240. The van der Waals surface area contributed by atoms with Crippen LogP contribution in [-0.2, 0) is 0 Å². The molecule has 7 heteroatoms. The Morgan fingerprint density at radius 2 is 1.34 bits per heavy atom. The number of nitrogens with one attached hydrogen (secondary N) is 1. The van der Waals surface area contributed by atoms with Gasteiger partial charge in [0, 0.05) is 23.3 Å². The molecule has 0 spiro atoms. The fourth-order valence-corrected chi connectivity index (χ4v) is 3.57. The van der Waals surface area contributed by atoms with E-state index in [4.69, 9.17) is 9.47 Å². The van der Waals surface area contributed by atoms with Crippen LogP contribution in [0.15, 0.2) is 65.8 Å². The molecule has 0 amide bonds. The number of hydrogen-bond acceptors (Lipinski definition) is 6. The number of nitro groups is 1. The Bertz CT molecular complexity index is 1100. The molecule has 3 aromatic rings. The van der Waals surface area contributed by atoms with E-state index in [1.54, 1.807) is 12.1 Å². The molecule has 3 aromatic carbocycles. The molecular formula is C25H25N3O4. The van der Waals surface area contributed by atoms with Crippen molar-refractivity contribution in [1.29, 1.82) is 0 Å². The molecule has 0 atom stereocenters. The van der Waals surface area contributed by atoms with Crippen molar-refractivity contribution in [2.24, 2.45) is 5.10 Å². The van der Waals surface area contributed by atoms with Crippen molar-refractivity contribution in [3.8, 4) is 22.6 Å². The third kappa shape index (κ3) is 4.42. The number of benzene rings is 3. The topological polar surface area (TPSA) is 86.0 Å². The number of nitrogens with zero attached hydrogens (tertiary/aromatic N) is 2. The summed E-state index contributed by atoms with van der Waals surface area (Å²) >= 11 is 0. The molecule has 0 aliphatic heterocycles. The van der Waals surface area contributed by atoms with E-state index in [0.717, 1.165) is 52.3 Å². The molecule has 0 radical (unpaired) electrons. The van der Waals surface area contributed by atoms with E-state index in [0.29, 0.717) is 18.9 Å². The van der Waals surface area contributed by atoms with Crippen LogP contribution in [0, 0.1) is 10.1 Å². The SMILES string of the molecule is CCCOc1ccc2c(c1)C(=NNc1ccc([N+](=O)[O-])cc1)c1cc(OCCC)ccc1-2. The fourth-order valence-electron chi connectivity index (χ4n) is 3.57. The van der Waals surface area contributed by atoms with E-state index >= 15 is 0 Å². The van der Waals surface area contributed by atoms with Gasteiger partial charge in [0.05, 0.1) is 29.5 Å². The van der Waals surface area contributed by atoms with Crippen molar-refractivity contribution < 1.29 is 14.4 Å². The third-order valence-electron chi connectivity index (χ3n) is 5.10. The second-order valence-electron chi connectivity index (χ2n) is 7.49. The minimum atomic E-state index is -0.422. The van der Waals surface area contributed by atoms with Crippen molar-refractivity contribution in [1.82, 2.24) is 0 Å². The van der Waals surface area contributed by atoms with Gasteiger partial charge in [0.15, 0.2) is 0 Å². The molecule has 1 aliphatic rings. The van der Waals surface area contributed by atoms with Crippen LogP contribution in [-0.4, -0.2) is 23.8 Å². The number of non-ortho nitro benzene ring substituents is 1. The van der Waals surface area contributed by atoms with Crippen LogP contribution >= 0.6 is 0 Å². The highest BCUT2D eigenvalue weighted by molar-refractivity contribution is 6.25. The Morgan fingerprint density at radius 3 is 1.81 bits per heavy atom. The highest BCUT2D eigenvalue weighted by Gasteiger charge is 2.26. The Balaban J connectivity index is 1.71. The van der Waals surface area contributed by atoms with Gasteiger partial charge in [-0.3, -0.25) is 15.5 Å². The Labute approximate surface area is 186 Å². The lowest BCUT2D eigenvalue weighted by atomic mass is 10.1. The van der Waals surface area contributed by atoms with Gasteiger partial charge in [0.1, 0.15) is 11.5 Å². The van der Waals surface area contributed by atoms with Crippen LogP contribution in [0.25, 0.3) is 11.1 Å². The highest BCUT2D eigenvalue weighted by Crippen LogP contribution is 2.40. The predicted octanol–water partition coefficient (Wildman–Crippen LogP) is 6.02. The Kier molecular flexibility index (Phi) is 6.35. The van der Waals surface area contributed by atoms with Crippen molar-refractivity contribution in [2.75, 3.05) is 18.6 Å². The monoisotopic (exact) mass is 431 g/mol.